The van der Waals surface area contributed by atoms with Crippen molar-refractivity contribution in [1.29, 1.82) is 0 Å². The second kappa shape index (κ2) is 11.0. The normalized spacial score (nSPS) is 12.0. The zero-order chi connectivity index (χ0) is 24.0. The number of hydrogen-bond donors (Lipinski definition) is 2. The van der Waals surface area contributed by atoms with Crippen LogP contribution < -0.4 is 19.5 Å². The molecular weight excluding hydrogens is 528 g/mol. The lowest BCUT2D eigenvalue weighted by Crippen LogP contribution is -2.22. The number of nitrogens with one attached hydrogen (secondary N) is 2. The largest absolute Gasteiger partial charge is 0.493 e. The first-order valence-electron chi connectivity index (χ1n) is 9.80. The minimum absolute atomic E-state index is 0.0937. The minimum atomic E-state index is -3.75. The molecule has 0 aliphatic rings. The topological polar surface area (TPSA) is 93.7 Å². The van der Waals surface area contributed by atoms with E-state index in [0.29, 0.717) is 22.9 Å². The highest BCUT2D eigenvalue weighted by Crippen LogP contribution is 2.33. The number of thioether (sulfide) groups is 1. The van der Waals surface area contributed by atoms with Crippen molar-refractivity contribution in [3.05, 3.63) is 71.2 Å². The van der Waals surface area contributed by atoms with E-state index in [-0.39, 0.29) is 10.8 Å². The Morgan fingerprint density at radius 2 is 1.52 bits per heavy atom. The summed E-state index contributed by atoms with van der Waals surface area (Å²) in [5, 5.41) is 2.41. The van der Waals surface area contributed by atoms with E-state index in [9.17, 15) is 13.2 Å². The summed E-state index contributed by atoms with van der Waals surface area (Å²) in [5.74, 6) is 0.991. The fourth-order valence-corrected chi connectivity index (χ4v) is 5.06. The van der Waals surface area contributed by atoms with Crippen LogP contribution in [-0.2, 0) is 14.8 Å². The molecule has 2 N–H and O–H groups in total. The van der Waals surface area contributed by atoms with Gasteiger partial charge in [-0.3, -0.25) is 9.52 Å². The Kier molecular flexibility index (Phi) is 8.28. The standard InChI is InChI=1S/C23H23BrN2O5S2/c1-15(32-19-10-13-21(30-2)22(14-19)31-3)23(27)25-17-8-11-20(12-9-17)33(28,29)26-18-6-4-16(24)5-7-18/h4-15,26H,1-3H3,(H,25,27). The van der Waals surface area contributed by atoms with E-state index in [1.807, 2.05) is 12.1 Å². The van der Waals surface area contributed by atoms with Crippen molar-refractivity contribution in [2.45, 2.75) is 22.0 Å². The minimum Gasteiger partial charge on any atom is -0.493 e. The van der Waals surface area contributed by atoms with Gasteiger partial charge in [-0.1, -0.05) is 15.9 Å². The van der Waals surface area contributed by atoms with Crippen molar-refractivity contribution in [2.24, 2.45) is 0 Å². The van der Waals surface area contributed by atoms with Gasteiger partial charge in [-0.2, -0.15) is 0 Å². The predicted octanol–water partition coefficient (Wildman–Crippen LogP) is 5.39. The number of ether oxygens (including phenoxy) is 2. The van der Waals surface area contributed by atoms with Gasteiger partial charge in [0.15, 0.2) is 11.5 Å². The summed E-state index contributed by atoms with van der Waals surface area (Å²) < 4.78 is 39.1. The highest BCUT2D eigenvalue weighted by molar-refractivity contribution is 9.10. The molecule has 3 rings (SSSR count). The lowest BCUT2D eigenvalue weighted by molar-refractivity contribution is -0.115. The fraction of sp³-hybridized carbons (Fsp3) is 0.174. The van der Waals surface area contributed by atoms with Gasteiger partial charge >= 0.3 is 0 Å². The Balaban J connectivity index is 1.63. The molecule has 0 saturated heterocycles. The lowest BCUT2D eigenvalue weighted by atomic mass is 10.3. The number of halogens is 1. The van der Waals surface area contributed by atoms with Crippen LogP contribution >= 0.6 is 27.7 Å². The fourth-order valence-electron chi connectivity index (χ4n) is 2.84. The van der Waals surface area contributed by atoms with Gasteiger partial charge < -0.3 is 14.8 Å². The van der Waals surface area contributed by atoms with E-state index in [2.05, 4.69) is 26.0 Å². The average molecular weight is 551 g/mol. The van der Waals surface area contributed by atoms with Gasteiger partial charge in [-0.15, -0.1) is 11.8 Å². The molecule has 0 aliphatic heterocycles. The van der Waals surface area contributed by atoms with Crippen LogP contribution in [0.2, 0.25) is 0 Å². The third-order valence-electron chi connectivity index (χ3n) is 4.57. The number of rotatable bonds is 9. The molecule has 0 fully saturated rings. The molecule has 0 bridgehead atoms. The molecule has 1 unspecified atom stereocenters. The second-order valence-corrected chi connectivity index (χ2v) is 10.9. The summed E-state index contributed by atoms with van der Waals surface area (Å²) in [4.78, 5) is 13.6. The maximum absolute atomic E-state index is 12.6. The van der Waals surface area contributed by atoms with E-state index >= 15 is 0 Å². The number of carbonyl (C=O) groups is 1. The maximum atomic E-state index is 12.6. The Labute approximate surface area is 206 Å². The first-order chi connectivity index (χ1) is 15.7. The molecule has 3 aromatic carbocycles. The maximum Gasteiger partial charge on any atom is 0.261 e. The van der Waals surface area contributed by atoms with E-state index in [4.69, 9.17) is 9.47 Å². The monoisotopic (exact) mass is 550 g/mol. The summed E-state index contributed by atoms with van der Waals surface area (Å²) >= 11 is 4.69. The Morgan fingerprint density at radius 3 is 2.12 bits per heavy atom. The summed E-state index contributed by atoms with van der Waals surface area (Å²) in [5.41, 5.74) is 0.957. The van der Waals surface area contributed by atoms with Crippen molar-refractivity contribution in [1.82, 2.24) is 0 Å². The van der Waals surface area contributed by atoms with Crippen molar-refractivity contribution in [2.75, 3.05) is 24.3 Å². The van der Waals surface area contributed by atoms with Gasteiger partial charge in [0.05, 0.1) is 24.4 Å². The van der Waals surface area contributed by atoms with Crippen LogP contribution in [0.25, 0.3) is 0 Å². The number of methoxy groups -OCH3 is 2. The van der Waals surface area contributed by atoms with Gasteiger partial charge in [-0.05, 0) is 73.7 Å². The molecule has 0 spiro atoms. The van der Waals surface area contributed by atoms with Crippen LogP contribution in [0.15, 0.2) is 81.0 Å². The summed E-state index contributed by atoms with van der Waals surface area (Å²) in [7, 11) is -0.625. The smallest absolute Gasteiger partial charge is 0.261 e. The van der Waals surface area contributed by atoms with Gasteiger partial charge in [-0.25, -0.2) is 8.42 Å². The number of sulfonamides is 1. The molecule has 0 saturated carbocycles. The Hall–Kier alpha value is -2.69. The number of anilines is 2. The molecule has 0 aromatic heterocycles. The van der Waals surface area contributed by atoms with Crippen LogP contribution in [0.5, 0.6) is 11.5 Å². The average Bonchev–Trinajstić information content (AvgIpc) is 2.80. The molecular formula is C23H23BrN2O5S2. The van der Waals surface area contributed by atoms with E-state index in [1.54, 1.807) is 63.6 Å². The highest BCUT2D eigenvalue weighted by atomic mass is 79.9. The first-order valence-corrected chi connectivity index (χ1v) is 13.0. The molecule has 7 nitrogen and oxygen atoms in total. The quantitative estimate of drug-likeness (QED) is 0.347. The molecule has 0 heterocycles. The summed E-state index contributed by atoms with van der Waals surface area (Å²) in [6, 6.07) is 18.3. The van der Waals surface area contributed by atoms with Crippen molar-refractivity contribution in [3.8, 4) is 11.5 Å². The molecule has 0 aliphatic carbocycles. The molecule has 174 valence electrons. The van der Waals surface area contributed by atoms with E-state index in [1.165, 1.54) is 23.9 Å². The van der Waals surface area contributed by atoms with Crippen molar-refractivity contribution < 1.29 is 22.7 Å². The van der Waals surface area contributed by atoms with Crippen molar-refractivity contribution >= 4 is 55.0 Å². The van der Waals surface area contributed by atoms with Crippen LogP contribution in [0.3, 0.4) is 0 Å². The summed E-state index contributed by atoms with van der Waals surface area (Å²) in [6.45, 7) is 1.79. The van der Waals surface area contributed by atoms with Crippen molar-refractivity contribution in [3.63, 3.8) is 0 Å². The molecule has 1 atom stereocenters. The van der Waals surface area contributed by atoms with Gasteiger partial charge in [0.25, 0.3) is 10.0 Å². The first kappa shape index (κ1) is 24.9. The number of hydrogen-bond acceptors (Lipinski definition) is 6. The SMILES string of the molecule is COc1ccc(SC(C)C(=O)Nc2ccc(S(=O)(=O)Nc3ccc(Br)cc3)cc2)cc1OC. The lowest BCUT2D eigenvalue weighted by Gasteiger charge is -2.14. The van der Waals surface area contributed by atoms with Crippen LogP contribution in [-0.4, -0.2) is 33.8 Å². The number of carbonyl (C=O) groups excluding carboxylic acids is 1. The number of benzene rings is 3. The van der Waals surface area contributed by atoms with Crippen LogP contribution in [0, 0.1) is 0 Å². The van der Waals surface area contributed by atoms with Gasteiger partial charge in [0.2, 0.25) is 5.91 Å². The zero-order valence-corrected chi connectivity index (χ0v) is 21.4. The summed E-state index contributed by atoms with van der Waals surface area (Å²) in [6.07, 6.45) is 0. The molecule has 0 radical (unpaired) electrons. The third-order valence-corrected chi connectivity index (χ3v) is 7.59. The molecule has 1 amide bonds. The third kappa shape index (κ3) is 6.66. The number of amides is 1. The van der Waals surface area contributed by atoms with Crippen LogP contribution in [0.4, 0.5) is 11.4 Å². The highest BCUT2D eigenvalue weighted by Gasteiger charge is 2.18. The molecule has 3 aromatic rings. The van der Waals surface area contributed by atoms with Crippen LogP contribution in [0.1, 0.15) is 6.92 Å². The van der Waals surface area contributed by atoms with E-state index < -0.39 is 15.3 Å². The Morgan fingerprint density at radius 1 is 0.909 bits per heavy atom. The molecule has 10 heteroatoms. The molecule has 33 heavy (non-hydrogen) atoms. The second-order valence-electron chi connectivity index (χ2n) is 6.90. The van der Waals surface area contributed by atoms with Gasteiger partial charge in [0, 0.05) is 20.7 Å². The Bertz CT molecular complexity index is 1220. The van der Waals surface area contributed by atoms with E-state index in [0.717, 1.165) is 9.37 Å². The van der Waals surface area contributed by atoms with Gasteiger partial charge in [0.1, 0.15) is 0 Å². The zero-order valence-electron chi connectivity index (χ0n) is 18.2. The predicted molar refractivity (Wildman–Crippen MR) is 135 cm³/mol.